The van der Waals surface area contributed by atoms with Crippen molar-refractivity contribution in [2.75, 3.05) is 18.0 Å². The second-order valence-corrected chi connectivity index (χ2v) is 5.29. The summed E-state index contributed by atoms with van der Waals surface area (Å²) >= 11 is 3.58. The van der Waals surface area contributed by atoms with Crippen LogP contribution in [-0.2, 0) is 0 Å². The van der Waals surface area contributed by atoms with Gasteiger partial charge >= 0.3 is 0 Å². The maximum Gasteiger partial charge on any atom is 0.130 e. The van der Waals surface area contributed by atoms with E-state index in [2.05, 4.69) is 56.1 Å². The Morgan fingerprint density at radius 3 is 2.65 bits per heavy atom. The van der Waals surface area contributed by atoms with Gasteiger partial charge in [0.15, 0.2) is 0 Å². The summed E-state index contributed by atoms with van der Waals surface area (Å²) in [5, 5.41) is 2.45. The maximum absolute atomic E-state index is 4.67. The molecule has 2 nitrogen and oxygen atoms in total. The molecular formula is C14H15BrN2. The van der Waals surface area contributed by atoms with Crippen molar-refractivity contribution in [1.82, 2.24) is 4.98 Å². The van der Waals surface area contributed by atoms with Gasteiger partial charge in [-0.2, -0.15) is 0 Å². The molecule has 2 aromatic rings. The normalized spacial score (nSPS) is 16.4. The molecule has 0 N–H and O–H groups in total. The number of piperidine rings is 1. The van der Waals surface area contributed by atoms with E-state index in [1.807, 2.05) is 0 Å². The molecule has 1 aliphatic rings. The maximum atomic E-state index is 4.67. The Hall–Kier alpha value is -1.09. The molecule has 0 radical (unpaired) electrons. The summed E-state index contributed by atoms with van der Waals surface area (Å²) in [6.07, 6.45) is 3.92. The van der Waals surface area contributed by atoms with E-state index in [0.29, 0.717) is 0 Å². The topological polar surface area (TPSA) is 16.1 Å². The van der Waals surface area contributed by atoms with Gasteiger partial charge in [0.2, 0.25) is 0 Å². The van der Waals surface area contributed by atoms with Crippen LogP contribution in [0.1, 0.15) is 19.3 Å². The largest absolute Gasteiger partial charge is 0.357 e. The lowest BCUT2D eigenvalue weighted by Crippen LogP contribution is -2.30. The zero-order valence-electron chi connectivity index (χ0n) is 9.69. The van der Waals surface area contributed by atoms with Gasteiger partial charge in [0.25, 0.3) is 0 Å². The third-order valence-electron chi connectivity index (χ3n) is 3.36. The summed E-state index contributed by atoms with van der Waals surface area (Å²) in [4.78, 5) is 7.06. The fourth-order valence-corrected chi connectivity index (χ4v) is 2.97. The molecule has 1 fully saturated rings. The second kappa shape index (κ2) is 4.65. The SMILES string of the molecule is Brc1nc(N2CCCCC2)cc2ccccc12. The molecule has 1 saturated heterocycles. The van der Waals surface area contributed by atoms with Crippen LogP contribution in [-0.4, -0.2) is 18.1 Å². The van der Waals surface area contributed by atoms with Crippen molar-refractivity contribution in [2.24, 2.45) is 0 Å². The van der Waals surface area contributed by atoms with Gasteiger partial charge in [-0.3, -0.25) is 0 Å². The fraction of sp³-hybridized carbons (Fsp3) is 0.357. The minimum atomic E-state index is 0.955. The average Bonchev–Trinajstić information content (AvgIpc) is 2.40. The molecule has 2 heterocycles. The van der Waals surface area contributed by atoms with Gasteiger partial charge in [-0.15, -0.1) is 0 Å². The number of anilines is 1. The van der Waals surface area contributed by atoms with Gasteiger partial charge in [0.1, 0.15) is 10.4 Å². The molecule has 0 aliphatic carbocycles. The van der Waals surface area contributed by atoms with Crippen LogP contribution < -0.4 is 4.90 Å². The van der Waals surface area contributed by atoms with E-state index in [4.69, 9.17) is 0 Å². The first-order valence-corrected chi connectivity index (χ1v) is 6.94. The predicted octanol–water partition coefficient (Wildman–Crippen LogP) is 3.99. The summed E-state index contributed by atoms with van der Waals surface area (Å²) in [5.41, 5.74) is 0. The van der Waals surface area contributed by atoms with Gasteiger partial charge in [0, 0.05) is 18.5 Å². The lowest BCUT2D eigenvalue weighted by Gasteiger charge is -2.28. The van der Waals surface area contributed by atoms with Crippen LogP contribution in [0.4, 0.5) is 5.82 Å². The molecule has 0 spiro atoms. The highest BCUT2D eigenvalue weighted by Crippen LogP contribution is 2.27. The number of hydrogen-bond donors (Lipinski definition) is 0. The Bertz CT molecular complexity index is 533. The monoisotopic (exact) mass is 290 g/mol. The first-order valence-electron chi connectivity index (χ1n) is 6.15. The minimum absolute atomic E-state index is 0.955. The van der Waals surface area contributed by atoms with E-state index < -0.39 is 0 Å². The molecule has 88 valence electrons. The van der Waals surface area contributed by atoms with Crippen molar-refractivity contribution in [3.8, 4) is 0 Å². The van der Waals surface area contributed by atoms with Crippen LogP contribution in [0, 0.1) is 0 Å². The zero-order valence-corrected chi connectivity index (χ0v) is 11.3. The molecule has 3 rings (SSSR count). The Morgan fingerprint density at radius 1 is 1.06 bits per heavy atom. The van der Waals surface area contributed by atoms with Crippen molar-refractivity contribution in [3.63, 3.8) is 0 Å². The smallest absolute Gasteiger partial charge is 0.130 e. The van der Waals surface area contributed by atoms with Crippen LogP contribution in [0.5, 0.6) is 0 Å². The van der Waals surface area contributed by atoms with Crippen LogP contribution in [0.25, 0.3) is 10.8 Å². The van der Waals surface area contributed by atoms with Crippen LogP contribution in [0.15, 0.2) is 34.9 Å². The number of benzene rings is 1. The van der Waals surface area contributed by atoms with Crippen molar-refractivity contribution >= 4 is 32.5 Å². The molecule has 0 atom stereocenters. The Kier molecular flexibility index (Phi) is 3.02. The van der Waals surface area contributed by atoms with Gasteiger partial charge in [-0.25, -0.2) is 4.98 Å². The van der Waals surface area contributed by atoms with Crippen molar-refractivity contribution in [3.05, 3.63) is 34.9 Å². The van der Waals surface area contributed by atoms with Crippen LogP contribution in [0.2, 0.25) is 0 Å². The second-order valence-electron chi connectivity index (χ2n) is 4.54. The van der Waals surface area contributed by atoms with Crippen LogP contribution >= 0.6 is 15.9 Å². The summed E-state index contributed by atoms with van der Waals surface area (Å²) in [5.74, 6) is 1.11. The minimum Gasteiger partial charge on any atom is -0.357 e. The lowest BCUT2D eigenvalue weighted by atomic mass is 10.1. The summed E-state index contributed by atoms with van der Waals surface area (Å²) in [6, 6.07) is 10.6. The third kappa shape index (κ3) is 2.16. The highest BCUT2D eigenvalue weighted by atomic mass is 79.9. The predicted molar refractivity (Wildman–Crippen MR) is 75.5 cm³/mol. The third-order valence-corrected chi connectivity index (χ3v) is 3.96. The average molecular weight is 291 g/mol. The molecular weight excluding hydrogens is 276 g/mol. The number of fused-ring (bicyclic) bond motifs is 1. The molecule has 1 aliphatic heterocycles. The van der Waals surface area contributed by atoms with Gasteiger partial charge in [-0.05, 0) is 46.6 Å². The highest BCUT2D eigenvalue weighted by Gasteiger charge is 2.13. The van der Waals surface area contributed by atoms with Crippen LogP contribution in [0.3, 0.4) is 0 Å². The molecule has 0 unspecified atom stereocenters. The van der Waals surface area contributed by atoms with E-state index >= 15 is 0 Å². The molecule has 0 amide bonds. The molecule has 17 heavy (non-hydrogen) atoms. The fourth-order valence-electron chi connectivity index (χ4n) is 2.43. The van der Waals surface area contributed by atoms with Gasteiger partial charge in [-0.1, -0.05) is 24.3 Å². The standard InChI is InChI=1S/C14H15BrN2/c15-14-12-7-3-2-6-11(12)10-13(16-14)17-8-4-1-5-9-17/h2-3,6-7,10H,1,4-5,8-9H2. The van der Waals surface area contributed by atoms with E-state index in [9.17, 15) is 0 Å². The highest BCUT2D eigenvalue weighted by molar-refractivity contribution is 9.10. The number of hydrogen-bond acceptors (Lipinski definition) is 2. The summed E-state index contributed by atoms with van der Waals surface area (Å²) in [6.45, 7) is 2.27. The Morgan fingerprint density at radius 2 is 1.82 bits per heavy atom. The number of rotatable bonds is 1. The molecule has 1 aromatic heterocycles. The van der Waals surface area contributed by atoms with Crippen molar-refractivity contribution in [1.29, 1.82) is 0 Å². The zero-order chi connectivity index (χ0) is 11.7. The van der Waals surface area contributed by atoms with E-state index in [0.717, 1.165) is 23.5 Å². The number of pyridine rings is 1. The summed E-state index contributed by atoms with van der Waals surface area (Å²) in [7, 11) is 0. The van der Waals surface area contributed by atoms with E-state index in [-0.39, 0.29) is 0 Å². The van der Waals surface area contributed by atoms with Gasteiger partial charge in [0.05, 0.1) is 0 Å². The van der Waals surface area contributed by atoms with Crippen molar-refractivity contribution < 1.29 is 0 Å². The molecule has 3 heteroatoms. The number of halogens is 1. The summed E-state index contributed by atoms with van der Waals surface area (Å²) < 4.78 is 0.955. The first-order chi connectivity index (χ1) is 8.34. The van der Waals surface area contributed by atoms with E-state index in [1.165, 1.54) is 30.0 Å². The molecule has 0 saturated carbocycles. The molecule has 0 bridgehead atoms. The molecule has 1 aromatic carbocycles. The lowest BCUT2D eigenvalue weighted by molar-refractivity contribution is 0.573. The number of aromatic nitrogens is 1. The quantitative estimate of drug-likeness (QED) is 0.739. The Balaban J connectivity index is 2.05. The van der Waals surface area contributed by atoms with Gasteiger partial charge < -0.3 is 4.90 Å². The Labute approximate surface area is 110 Å². The van der Waals surface area contributed by atoms with Crippen molar-refractivity contribution in [2.45, 2.75) is 19.3 Å². The van der Waals surface area contributed by atoms with E-state index in [1.54, 1.807) is 0 Å². The number of nitrogens with zero attached hydrogens (tertiary/aromatic N) is 2. The first kappa shape index (κ1) is 11.0.